The number of carbonyl (C=O) groups is 1. The second-order valence-electron chi connectivity index (χ2n) is 6.54. The lowest BCUT2D eigenvalue weighted by Gasteiger charge is -2.18. The van der Waals surface area contributed by atoms with Crippen molar-refractivity contribution >= 4 is 29.0 Å². The van der Waals surface area contributed by atoms with E-state index >= 15 is 0 Å². The van der Waals surface area contributed by atoms with E-state index in [4.69, 9.17) is 4.42 Å². The van der Waals surface area contributed by atoms with Crippen LogP contribution in [0.3, 0.4) is 0 Å². The number of benzene rings is 1. The van der Waals surface area contributed by atoms with Gasteiger partial charge in [0.05, 0.1) is 24.6 Å². The van der Waals surface area contributed by atoms with Gasteiger partial charge in [-0.2, -0.15) is 0 Å². The summed E-state index contributed by atoms with van der Waals surface area (Å²) in [6.07, 6.45) is 3.28. The van der Waals surface area contributed by atoms with Crippen LogP contribution < -0.4 is 5.32 Å². The largest absolute Gasteiger partial charge is 0.467 e. The molecule has 0 bridgehead atoms. The Morgan fingerprint density at radius 1 is 1.24 bits per heavy atom. The molecule has 0 unspecified atom stereocenters. The highest BCUT2D eigenvalue weighted by atomic mass is 32.2. The summed E-state index contributed by atoms with van der Waals surface area (Å²) in [7, 11) is 0. The van der Waals surface area contributed by atoms with E-state index < -0.39 is 0 Å². The lowest BCUT2D eigenvalue weighted by molar-refractivity contribution is -0.119. The number of nitrogens with one attached hydrogen (secondary N) is 1. The zero-order chi connectivity index (χ0) is 20.1. The third kappa shape index (κ3) is 4.96. The Balaban J connectivity index is 1.41. The molecule has 0 saturated heterocycles. The fourth-order valence-electron chi connectivity index (χ4n) is 2.90. The molecule has 0 radical (unpaired) electrons. The summed E-state index contributed by atoms with van der Waals surface area (Å²) < 4.78 is 7.24. The van der Waals surface area contributed by atoms with Gasteiger partial charge in [-0.3, -0.25) is 4.79 Å². The molecule has 1 aromatic carbocycles. The number of furan rings is 1. The van der Waals surface area contributed by atoms with Crippen LogP contribution in [0.15, 0.2) is 76.1 Å². The van der Waals surface area contributed by atoms with Gasteiger partial charge in [-0.05, 0) is 36.1 Å². The van der Waals surface area contributed by atoms with Crippen molar-refractivity contribution in [2.45, 2.75) is 24.7 Å². The minimum atomic E-state index is -0.162. The van der Waals surface area contributed by atoms with Gasteiger partial charge >= 0.3 is 0 Å². The van der Waals surface area contributed by atoms with Crippen molar-refractivity contribution in [3.63, 3.8) is 0 Å². The molecular weight excluding hydrogens is 404 g/mol. The van der Waals surface area contributed by atoms with Gasteiger partial charge in [-0.1, -0.05) is 47.7 Å². The molecular formula is C21H20N4O2S2. The van der Waals surface area contributed by atoms with Crippen LogP contribution in [0.2, 0.25) is 0 Å². The summed E-state index contributed by atoms with van der Waals surface area (Å²) in [5.41, 5.74) is 2.26. The van der Waals surface area contributed by atoms with Gasteiger partial charge in [0.1, 0.15) is 12.1 Å². The van der Waals surface area contributed by atoms with E-state index in [1.165, 1.54) is 17.3 Å². The Morgan fingerprint density at radius 3 is 2.83 bits per heavy atom. The van der Waals surface area contributed by atoms with Crippen molar-refractivity contribution in [1.82, 2.24) is 20.1 Å². The van der Waals surface area contributed by atoms with Gasteiger partial charge in [-0.15, -0.1) is 21.5 Å². The molecule has 148 valence electrons. The molecule has 0 saturated carbocycles. The van der Waals surface area contributed by atoms with Gasteiger partial charge in [0.2, 0.25) is 5.91 Å². The first-order chi connectivity index (χ1) is 14.2. The molecule has 1 amide bonds. The van der Waals surface area contributed by atoms with Crippen LogP contribution in [0.25, 0.3) is 0 Å². The van der Waals surface area contributed by atoms with Crippen LogP contribution in [-0.2, 0) is 11.3 Å². The van der Waals surface area contributed by atoms with Crippen molar-refractivity contribution < 1.29 is 9.21 Å². The van der Waals surface area contributed by atoms with E-state index in [-0.39, 0.29) is 17.7 Å². The molecule has 1 atom stereocenters. The smallest absolute Gasteiger partial charge is 0.231 e. The number of amides is 1. The molecule has 0 aliphatic heterocycles. The van der Waals surface area contributed by atoms with Gasteiger partial charge in [0.15, 0.2) is 5.16 Å². The van der Waals surface area contributed by atoms with Crippen molar-refractivity contribution in [3.8, 4) is 0 Å². The number of aryl methyl sites for hydroxylation is 1. The van der Waals surface area contributed by atoms with Gasteiger partial charge in [0, 0.05) is 4.88 Å². The number of nitrogens with zero attached hydrogens (tertiary/aromatic N) is 3. The predicted octanol–water partition coefficient (Wildman–Crippen LogP) is 4.29. The highest BCUT2D eigenvalue weighted by Gasteiger charge is 2.19. The summed E-state index contributed by atoms with van der Waals surface area (Å²) in [6.45, 7) is 2.59. The van der Waals surface area contributed by atoms with Crippen molar-refractivity contribution in [2.24, 2.45) is 0 Å². The summed E-state index contributed by atoms with van der Waals surface area (Å²) in [6, 6.07) is 15.9. The van der Waals surface area contributed by atoms with E-state index in [0.717, 1.165) is 16.2 Å². The molecule has 3 heterocycles. The number of hydrogen-bond donors (Lipinski definition) is 1. The number of thioether (sulfide) groups is 1. The first-order valence-electron chi connectivity index (χ1n) is 9.11. The standard InChI is InChI=1S/C21H20N4O2S2/c1-15-6-8-16(9-7-15)20(18-5-3-11-28-18)23-19(26)13-29-21-24-22-14-25(21)12-17-4-2-10-27-17/h2-11,14,20H,12-13H2,1H3,(H,23,26)/t20-/m0/s1. The zero-order valence-electron chi connectivity index (χ0n) is 15.8. The summed E-state index contributed by atoms with van der Waals surface area (Å²) in [4.78, 5) is 13.8. The Kier molecular flexibility index (Phi) is 6.12. The average Bonchev–Trinajstić information content (AvgIpc) is 3.49. The van der Waals surface area contributed by atoms with Crippen molar-refractivity contribution in [2.75, 3.05) is 5.75 Å². The van der Waals surface area contributed by atoms with Crippen LogP contribution >= 0.6 is 23.1 Å². The van der Waals surface area contributed by atoms with Crippen LogP contribution in [0.4, 0.5) is 0 Å². The molecule has 0 fully saturated rings. The quantitative estimate of drug-likeness (QED) is 0.427. The van der Waals surface area contributed by atoms with Crippen molar-refractivity contribution in [3.05, 3.63) is 88.3 Å². The Morgan fingerprint density at radius 2 is 2.10 bits per heavy atom. The van der Waals surface area contributed by atoms with E-state index in [0.29, 0.717) is 11.7 Å². The first kappa shape index (κ1) is 19.5. The van der Waals surface area contributed by atoms with E-state index in [1.54, 1.807) is 23.9 Å². The Bertz CT molecular complexity index is 1040. The van der Waals surface area contributed by atoms with Crippen molar-refractivity contribution in [1.29, 1.82) is 0 Å². The molecule has 0 aliphatic rings. The lowest BCUT2D eigenvalue weighted by atomic mass is 10.0. The molecule has 6 nitrogen and oxygen atoms in total. The molecule has 3 aromatic heterocycles. The van der Waals surface area contributed by atoms with Gasteiger partial charge in [0.25, 0.3) is 0 Å². The zero-order valence-corrected chi connectivity index (χ0v) is 17.5. The van der Waals surface area contributed by atoms with Crippen LogP contribution in [0.1, 0.15) is 27.8 Å². The summed E-state index contributed by atoms with van der Waals surface area (Å²) >= 11 is 2.99. The minimum Gasteiger partial charge on any atom is -0.467 e. The van der Waals surface area contributed by atoms with E-state index in [1.807, 2.05) is 34.2 Å². The maximum atomic E-state index is 12.7. The fourth-order valence-corrected chi connectivity index (χ4v) is 4.43. The SMILES string of the molecule is Cc1ccc([C@H](NC(=O)CSc2nncn2Cc2ccco2)c2cccs2)cc1. The number of hydrogen-bond acceptors (Lipinski definition) is 6. The van der Waals surface area contributed by atoms with Gasteiger partial charge in [-0.25, -0.2) is 0 Å². The Hall–Kier alpha value is -2.84. The highest BCUT2D eigenvalue weighted by molar-refractivity contribution is 7.99. The number of aromatic nitrogens is 3. The maximum absolute atomic E-state index is 12.7. The van der Waals surface area contributed by atoms with Crippen LogP contribution in [0, 0.1) is 6.92 Å². The topological polar surface area (TPSA) is 73.0 Å². The van der Waals surface area contributed by atoms with E-state index in [9.17, 15) is 4.79 Å². The van der Waals surface area contributed by atoms with E-state index in [2.05, 4.69) is 46.7 Å². The van der Waals surface area contributed by atoms with Gasteiger partial charge < -0.3 is 14.3 Å². The third-order valence-electron chi connectivity index (χ3n) is 4.36. The Labute approximate surface area is 177 Å². The second-order valence-corrected chi connectivity index (χ2v) is 8.46. The van der Waals surface area contributed by atoms with Crippen LogP contribution in [0.5, 0.6) is 0 Å². The summed E-state index contributed by atoms with van der Waals surface area (Å²) in [5, 5.41) is 13.9. The average molecular weight is 425 g/mol. The fraction of sp³-hybridized carbons (Fsp3) is 0.190. The molecule has 29 heavy (non-hydrogen) atoms. The van der Waals surface area contributed by atoms with Crippen LogP contribution in [-0.4, -0.2) is 26.4 Å². The number of rotatable bonds is 8. The minimum absolute atomic E-state index is 0.0541. The predicted molar refractivity (Wildman–Crippen MR) is 114 cm³/mol. The first-order valence-corrected chi connectivity index (χ1v) is 11.0. The summed E-state index contributed by atoms with van der Waals surface area (Å²) in [5.74, 6) is 1.01. The second kappa shape index (κ2) is 9.11. The third-order valence-corrected chi connectivity index (χ3v) is 6.28. The molecule has 0 spiro atoms. The maximum Gasteiger partial charge on any atom is 0.231 e. The number of thiophene rings is 1. The molecule has 0 aliphatic carbocycles. The molecule has 8 heteroatoms. The lowest BCUT2D eigenvalue weighted by Crippen LogP contribution is -2.30. The number of carbonyl (C=O) groups excluding carboxylic acids is 1. The molecule has 4 rings (SSSR count). The highest BCUT2D eigenvalue weighted by Crippen LogP contribution is 2.27. The molecule has 4 aromatic rings. The monoisotopic (exact) mass is 424 g/mol. The molecule has 1 N–H and O–H groups in total. The normalized spacial score (nSPS) is 12.0.